The van der Waals surface area contributed by atoms with E-state index in [1.807, 2.05) is 0 Å². The van der Waals surface area contributed by atoms with Gasteiger partial charge in [-0.25, -0.2) is 13.1 Å². The first-order chi connectivity index (χ1) is 11.2. The van der Waals surface area contributed by atoms with E-state index in [0.717, 1.165) is 4.72 Å². The molecule has 0 amide bonds. The van der Waals surface area contributed by atoms with Gasteiger partial charge in [0.05, 0.1) is 0 Å². The zero-order chi connectivity index (χ0) is 21.4. The molecule has 17 heteroatoms. The zero-order valence-corrected chi connectivity index (χ0v) is 15.0. The lowest BCUT2D eigenvalue weighted by atomic mass is 10.0. The SMILES string of the molecule is CN(C)CCCNS(=O)(=O)C(F)(F)C(F)(F)C(F)(F)C(F)(F)C(F)(F)F.Cl. The molecule has 0 aromatic rings. The van der Waals surface area contributed by atoms with E-state index in [1.54, 1.807) is 0 Å². The Morgan fingerprint density at radius 2 is 1.19 bits per heavy atom. The smallest absolute Gasteiger partial charge is 0.309 e. The molecule has 166 valence electrons. The van der Waals surface area contributed by atoms with Crippen LogP contribution in [0, 0.1) is 0 Å². The number of nitrogens with one attached hydrogen (secondary N) is 1. The van der Waals surface area contributed by atoms with E-state index in [9.17, 15) is 56.7 Å². The third kappa shape index (κ3) is 5.06. The predicted molar refractivity (Wildman–Crippen MR) is 73.2 cm³/mol. The van der Waals surface area contributed by atoms with Gasteiger partial charge in [0.15, 0.2) is 0 Å². The van der Waals surface area contributed by atoms with Crippen molar-refractivity contribution >= 4 is 22.4 Å². The van der Waals surface area contributed by atoms with Gasteiger partial charge in [0, 0.05) is 6.54 Å². The minimum atomic E-state index is -7.76. The zero-order valence-electron chi connectivity index (χ0n) is 13.4. The van der Waals surface area contributed by atoms with Crippen LogP contribution in [0.15, 0.2) is 0 Å². The highest BCUT2D eigenvalue weighted by Gasteiger charge is 2.89. The maximum absolute atomic E-state index is 13.4. The molecule has 0 radical (unpaired) electrons. The van der Waals surface area contributed by atoms with Crippen molar-refractivity contribution < 1.29 is 56.7 Å². The van der Waals surface area contributed by atoms with Crippen molar-refractivity contribution in [1.82, 2.24) is 9.62 Å². The maximum Gasteiger partial charge on any atom is 0.460 e. The average molecular weight is 471 g/mol. The Hall–Kier alpha value is -0.610. The summed E-state index contributed by atoms with van der Waals surface area (Å²) < 4.78 is 163. The normalized spacial score (nSPS) is 15.0. The lowest BCUT2D eigenvalue weighted by Gasteiger charge is -2.36. The first kappa shape index (κ1) is 28.6. The molecule has 0 aliphatic carbocycles. The van der Waals surface area contributed by atoms with Crippen LogP contribution >= 0.6 is 12.4 Å². The van der Waals surface area contributed by atoms with Crippen LogP contribution in [0.4, 0.5) is 48.3 Å². The van der Waals surface area contributed by atoms with Crippen molar-refractivity contribution in [2.75, 3.05) is 27.2 Å². The maximum atomic E-state index is 13.4. The van der Waals surface area contributed by atoms with Crippen LogP contribution in [0.2, 0.25) is 0 Å². The van der Waals surface area contributed by atoms with Gasteiger partial charge < -0.3 is 4.90 Å². The van der Waals surface area contributed by atoms with Gasteiger partial charge >= 0.3 is 29.2 Å². The first-order valence-electron chi connectivity index (χ1n) is 6.38. The van der Waals surface area contributed by atoms with Gasteiger partial charge in [-0.05, 0) is 27.1 Å². The van der Waals surface area contributed by atoms with E-state index in [2.05, 4.69) is 0 Å². The third-order valence-electron chi connectivity index (χ3n) is 2.92. The summed E-state index contributed by atoms with van der Waals surface area (Å²) in [6.45, 7) is -0.972. The summed E-state index contributed by atoms with van der Waals surface area (Å²) in [6.07, 6.45) is -7.64. The molecule has 0 unspecified atom stereocenters. The molecule has 0 spiro atoms. The number of nitrogens with zero attached hydrogens (tertiary/aromatic N) is 1. The largest absolute Gasteiger partial charge is 0.460 e. The highest BCUT2D eigenvalue weighted by molar-refractivity contribution is 7.90. The highest BCUT2D eigenvalue weighted by Crippen LogP contribution is 2.58. The van der Waals surface area contributed by atoms with E-state index in [4.69, 9.17) is 0 Å². The van der Waals surface area contributed by atoms with Crippen LogP contribution in [0.1, 0.15) is 6.42 Å². The molecule has 4 nitrogen and oxygen atoms in total. The molecule has 1 N–H and O–H groups in total. The van der Waals surface area contributed by atoms with E-state index in [0.29, 0.717) is 0 Å². The monoisotopic (exact) mass is 470 g/mol. The molecule has 0 saturated carbocycles. The first-order valence-corrected chi connectivity index (χ1v) is 7.87. The molecule has 0 aliphatic rings. The lowest BCUT2D eigenvalue weighted by Crippen LogP contribution is -2.69. The van der Waals surface area contributed by atoms with Crippen LogP contribution in [-0.2, 0) is 10.0 Å². The third-order valence-corrected chi connectivity index (χ3v) is 4.44. The molecular weight excluding hydrogens is 457 g/mol. The summed E-state index contributed by atoms with van der Waals surface area (Å²) in [7, 11) is -3.85. The van der Waals surface area contributed by atoms with Crippen molar-refractivity contribution in [3.05, 3.63) is 0 Å². The minimum absolute atomic E-state index is 0. The predicted octanol–water partition coefficient (Wildman–Crippen LogP) is 3.34. The Labute approximate surface area is 152 Å². The van der Waals surface area contributed by atoms with E-state index in [-0.39, 0.29) is 25.4 Å². The van der Waals surface area contributed by atoms with Gasteiger partial charge in [-0.1, -0.05) is 0 Å². The molecule has 0 saturated heterocycles. The van der Waals surface area contributed by atoms with Gasteiger partial charge in [0.25, 0.3) is 10.0 Å². The summed E-state index contributed by atoms with van der Waals surface area (Å²) in [6, 6.07) is 0. The van der Waals surface area contributed by atoms with Gasteiger partial charge in [-0.2, -0.15) is 48.3 Å². The number of rotatable bonds is 9. The van der Waals surface area contributed by atoms with Crippen LogP contribution in [0.5, 0.6) is 0 Å². The van der Waals surface area contributed by atoms with Crippen LogP contribution < -0.4 is 4.72 Å². The molecule has 0 fully saturated rings. The molecule has 0 aliphatic heterocycles. The van der Waals surface area contributed by atoms with Crippen LogP contribution in [0.3, 0.4) is 0 Å². The molecule has 0 aromatic carbocycles. The molecule has 0 atom stereocenters. The topological polar surface area (TPSA) is 49.4 Å². The van der Waals surface area contributed by atoms with Crippen molar-refractivity contribution in [2.24, 2.45) is 0 Å². The lowest BCUT2D eigenvalue weighted by molar-refractivity contribution is -0.413. The standard InChI is InChI=1S/C10H13F11N2O2S.ClH/c1-23(2)5-3-4-22-26(24,25)10(20,21)8(15,16)6(11,12)7(13,14)9(17,18)19;/h22H,3-5H2,1-2H3;1H. The van der Waals surface area contributed by atoms with E-state index < -0.39 is 45.8 Å². The van der Waals surface area contributed by atoms with E-state index in [1.165, 1.54) is 19.0 Å². The molecule has 0 bridgehead atoms. The Morgan fingerprint density at radius 1 is 0.778 bits per heavy atom. The average Bonchev–Trinajstić information content (AvgIpc) is 2.41. The fourth-order valence-electron chi connectivity index (χ4n) is 1.42. The van der Waals surface area contributed by atoms with Crippen molar-refractivity contribution in [1.29, 1.82) is 0 Å². The quantitative estimate of drug-likeness (QED) is 0.415. The van der Waals surface area contributed by atoms with Crippen LogP contribution in [-0.4, -0.2) is 69.7 Å². The Kier molecular flexibility index (Phi) is 8.90. The second-order valence-corrected chi connectivity index (χ2v) is 7.10. The molecule has 0 rings (SSSR count). The number of sulfonamides is 1. The highest BCUT2D eigenvalue weighted by atomic mass is 35.5. The molecule has 0 aromatic heterocycles. The minimum Gasteiger partial charge on any atom is -0.309 e. The number of halogens is 12. The number of hydrogen-bond acceptors (Lipinski definition) is 3. The van der Waals surface area contributed by atoms with Crippen molar-refractivity contribution in [2.45, 2.75) is 35.6 Å². The summed E-state index contributed by atoms with van der Waals surface area (Å²) in [4.78, 5) is 1.39. The number of alkyl halides is 11. The Bertz CT molecular complexity index is 592. The second kappa shape index (κ2) is 8.41. The Balaban J connectivity index is 0. The Morgan fingerprint density at radius 3 is 1.52 bits per heavy atom. The van der Waals surface area contributed by atoms with Crippen molar-refractivity contribution in [3.63, 3.8) is 0 Å². The summed E-state index contributed by atoms with van der Waals surface area (Å²) in [5.41, 5.74) is 0. The van der Waals surface area contributed by atoms with Gasteiger partial charge in [0.2, 0.25) is 0 Å². The van der Waals surface area contributed by atoms with Gasteiger partial charge in [-0.15, -0.1) is 12.4 Å². The molecule has 27 heavy (non-hydrogen) atoms. The number of hydrogen-bond donors (Lipinski definition) is 1. The fourth-order valence-corrected chi connectivity index (χ4v) is 2.48. The summed E-state index contributed by atoms with van der Waals surface area (Å²) >= 11 is 0. The van der Waals surface area contributed by atoms with E-state index >= 15 is 0 Å². The van der Waals surface area contributed by atoms with Crippen molar-refractivity contribution in [3.8, 4) is 0 Å². The van der Waals surface area contributed by atoms with Gasteiger partial charge in [-0.3, -0.25) is 0 Å². The summed E-state index contributed by atoms with van der Waals surface area (Å²) in [5.74, 6) is -23.0. The second-order valence-electron chi connectivity index (χ2n) is 5.29. The van der Waals surface area contributed by atoms with Gasteiger partial charge in [0.1, 0.15) is 0 Å². The fraction of sp³-hybridized carbons (Fsp3) is 1.00. The molecular formula is C10H14ClF11N2O2S. The van der Waals surface area contributed by atoms with Crippen LogP contribution in [0.25, 0.3) is 0 Å². The summed E-state index contributed by atoms with van der Waals surface area (Å²) in [5, 5.41) is -6.98. The molecule has 0 heterocycles.